The molecule has 4 heteroatoms. The molecule has 2 aromatic rings. The second-order valence-corrected chi connectivity index (χ2v) is 4.02. The second-order valence-electron chi connectivity index (χ2n) is 3.67. The number of hydrogen-bond acceptors (Lipinski definition) is 3. The number of aryl methyl sites for hydroxylation is 1. The second kappa shape index (κ2) is 6.15. The number of hydrogen-bond donors (Lipinski definition) is 0. The molecule has 88 valence electrons. The Morgan fingerprint density at radius 3 is 2.82 bits per heavy atom. The van der Waals surface area contributed by atoms with Crippen LogP contribution in [0.5, 0.6) is 0 Å². The van der Waals surface area contributed by atoms with Gasteiger partial charge in [0, 0.05) is 12.4 Å². The molecule has 0 amide bonds. The first kappa shape index (κ1) is 11.8. The molecule has 0 aliphatic carbocycles. The van der Waals surface area contributed by atoms with Gasteiger partial charge in [0.1, 0.15) is 6.33 Å². The molecule has 0 aliphatic rings. The van der Waals surface area contributed by atoms with E-state index < -0.39 is 0 Å². The van der Waals surface area contributed by atoms with Gasteiger partial charge in [0.2, 0.25) is 0 Å². The maximum atomic E-state index is 5.46. The first-order valence-corrected chi connectivity index (χ1v) is 5.96. The van der Waals surface area contributed by atoms with E-state index in [0.29, 0.717) is 11.8 Å². The molecule has 1 aromatic carbocycles. The summed E-state index contributed by atoms with van der Waals surface area (Å²) in [5.74, 6) is 0. The van der Waals surface area contributed by atoms with Crippen LogP contribution >= 0.6 is 12.2 Å². The van der Waals surface area contributed by atoms with Crippen LogP contribution in [0.25, 0.3) is 0 Å². The molecule has 1 heterocycles. The van der Waals surface area contributed by atoms with E-state index in [4.69, 9.17) is 17.0 Å². The molecule has 0 saturated heterocycles. The van der Waals surface area contributed by atoms with Gasteiger partial charge >= 0.3 is 0 Å². The van der Waals surface area contributed by atoms with E-state index in [-0.39, 0.29) is 0 Å². The summed E-state index contributed by atoms with van der Waals surface area (Å²) in [7, 11) is 0. The quantitative estimate of drug-likeness (QED) is 0.613. The number of ether oxygens (including phenoxy) is 1. The zero-order valence-corrected chi connectivity index (χ0v) is 10.3. The van der Waals surface area contributed by atoms with E-state index in [9.17, 15) is 0 Å². The van der Waals surface area contributed by atoms with Crippen molar-refractivity contribution in [2.75, 3.05) is 6.61 Å². The maximum Gasteiger partial charge on any atom is 0.268 e. The molecule has 3 nitrogen and oxygen atoms in total. The summed E-state index contributed by atoms with van der Waals surface area (Å²) in [6.07, 6.45) is 7.06. The third-order valence-electron chi connectivity index (χ3n) is 2.39. The summed E-state index contributed by atoms with van der Waals surface area (Å²) in [5, 5.41) is 0.454. The largest absolute Gasteiger partial charge is 0.470 e. The Balaban J connectivity index is 1.69. The van der Waals surface area contributed by atoms with E-state index in [1.165, 1.54) is 5.56 Å². The van der Waals surface area contributed by atoms with Crippen molar-refractivity contribution in [2.45, 2.75) is 12.8 Å². The van der Waals surface area contributed by atoms with E-state index in [1.807, 2.05) is 18.2 Å². The first-order valence-electron chi connectivity index (χ1n) is 5.55. The van der Waals surface area contributed by atoms with Crippen LogP contribution in [0, 0.1) is 0 Å². The van der Waals surface area contributed by atoms with E-state index in [2.05, 4.69) is 17.1 Å². The van der Waals surface area contributed by atoms with Gasteiger partial charge in [-0.1, -0.05) is 30.3 Å². The van der Waals surface area contributed by atoms with Crippen molar-refractivity contribution in [3.05, 3.63) is 54.6 Å². The highest BCUT2D eigenvalue weighted by molar-refractivity contribution is 7.80. The number of imidazole rings is 1. The van der Waals surface area contributed by atoms with Gasteiger partial charge in [-0.15, -0.1) is 0 Å². The zero-order valence-electron chi connectivity index (χ0n) is 9.45. The lowest BCUT2D eigenvalue weighted by Gasteiger charge is -2.07. The van der Waals surface area contributed by atoms with Gasteiger partial charge in [0.15, 0.2) is 0 Å². The molecule has 1 aromatic heterocycles. The summed E-state index contributed by atoms with van der Waals surface area (Å²) in [5.41, 5.74) is 1.32. The van der Waals surface area contributed by atoms with Crippen LogP contribution in [0.2, 0.25) is 0 Å². The number of aromatic nitrogens is 2. The zero-order chi connectivity index (χ0) is 11.9. The van der Waals surface area contributed by atoms with E-state index >= 15 is 0 Å². The Morgan fingerprint density at radius 1 is 1.29 bits per heavy atom. The smallest absolute Gasteiger partial charge is 0.268 e. The minimum absolute atomic E-state index is 0.454. The van der Waals surface area contributed by atoms with Gasteiger partial charge in [-0.05, 0) is 30.6 Å². The number of benzene rings is 1. The van der Waals surface area contributed by atoms with Crippen molar-refractivity contribution in [1.82, 2.24) is 9.55 Å². The van der Waals surface area contributed by atoms with Crippen LogP contribution in [-0.4, -0.2) is 21.3 Å². The van der Waals surface area contributed by atoms with Crippen molar-refractivity contribution < 1.29 is 4.74 Å². The molecule has 2 rings (SSSR count). The molecule has 0 fully saturated rings. The highest BCUT2D eigenvalue weighted by Crippen LogP contribution is 2.02. The fourth-order valence-corrected chi connectivity index (χ4v) is 1.71. The normalized spacial score (nSPS) is 10.1. The fraction of sp³-hybridized carbons (Fsp3) is 0.231. The monoisotopic (exact) mass is 246 g/mol. The highest BCUT2D eigenvalue weighted by atomic mass is 32.1. The molecule has 0 N–H and O–H groups in total. The average Bonchev–Trinajstić information content (AvgIpc) is 2.89. The predicted molar refractivity (Wildman–Crippen MR) is 70.9 cm³/mol. The van der Waals surface area contributed by atoms with Crippen LogP contribution in [0.3, 0.4) is 0 Å². The van der Waals surface area contributed by atoms with E-state index in [1.54, 1.807) is 23.3 Å². The Hall–Kier alpha value is -1.68. The van der Waals surface area contributed by atoms with Crippen LogP contribution in [0.15, 0.2) is 49.1 Å². The van der Waals surface area contributed by atoms with Crippen molar-refractivity contribution in [2.24, 2.45) is 0 Å². The number of thiocarbonyl (C=S) groups is 1. The van der Waals surface area contributed by atoms with Gasteiger partial charge in [-0.2, -0.15) is 0 Å². The number of nitrogens with zero attached hydrogens (tertiary/aromatic N) is 2. The topological polar surface area (TPSA) is 27.1 Å². The average molecular weight is 246 g/mol. The molecule has 0 atom stereocenters. The van der Waals surface area contributed by atoms with Gasteiger partial charge in [0.05, 0.1) is 6.61 Å². The Kier molecular flexibility index (Phi) is 4.27. The molecule has 0 radical (unpaired) electrons. The lowest BCUT2D eigenvalue weighted by molar-refractivity contribution is 0.294. The third-order valence-corrected chi connectivity index (χ3v) is 2.72. The molecule has 0 saturated carbocycles. The summed E-state index contributed by atoms with van der Waals surface area (Å²) < 4.78 is 7.15. The van der Waals surface area contributed by atoms with Gasteiger partial charge in [-0.3, -0.25) is 4.57 Å². The van der Waals surface area contributed by atoms with Crippen molar-refractivity contribution in [3.8, 4) is 0 Å². The van der Waals surface area contributed by atoms with Crippen molar-refractivity contribution >= 4 is 17.4 Å². The van der Waals surface area contributed by atoms with Crippen LogP contribution in [0.4, 0.5) is 0 Å². The summed E-state index contributed by atoms with van der Waals surface area (Å²) >= 11 is 5.11. The minimum atomic E-state index is 0.454. The minimum Gasteiger partial charge on any atom is -0.470 e. The molecule has 0 bridgehead atoms. The van der Waals surface area contributed by atoms with Crippen LogP contribution in [0.1, 0.15) is 12.0 Å². The first-order chi connectivity index (χ1) is 8.36. The van der Waals surface area contributed by atoms with Crippen LogP contribution in [-0.2, 0) is 11.2 Å². The summed E-state index contributed by atoms with van der Waals surface area (Å²) in [6.45, 7) is 0.631. The molecule has 17 heavy (non-hydrogen) atoms. The molecular formula is C13H14N2OS. The molecule has 0 aliphatic heterocycles. The third kappa shape index (κ3) is 3.67. The van der Waals surface area contributed by atoms with Gasteiger partial charge in [-0.25, -0.2) is 4.98 Å². The summed E-state index contributed by atoms with van der Waals surface area (Å²) in [6, 6.07) is 10.4. The van der Waals surface area contributed by atoms with E-state index in [0.717, 1.165) is 12.8 Å². The standard InChI is InChI=1S/C13H14N2OS/c17-13(15-9-8-14-11-15)16-10-4-7-12-5-2-1-3-6-12/h1-3,5-6,8-9,11H,4,7,10H2. The predicted octanol–water partition coefficient (Wildman–Crippen LogP) is 2.67. The SMILES string of the molecule is S=C(OCCCc1ccccc1)n1ccnc1. The van der Waals surface area contributed by atoms with Crippen molar-refractivity contribution in [3.63, 3.8) is 0 Å². The Bertz CT molecular complexity index is 454. The lowest BCUT2D eigenvalue weighted by Crippen LogP contribution is -2.12. The Labute approximate surface area is 106 Å². The molecule has 0 spiro atoms. The van der Waals surface area contributed by atoms with Crippen LogP contribution < -0.4 is 0 Å². The lowest BCUT2D eigenvalue weighted by atomic mass is 10.1. The van der Waals surface area contributed by atoms with Gasteiger partial charge < -0.3 is 4.74 Å². The van der Waals surface area contributed by atoms with Crippen molar-refractivity contribution in [1.29, 1.82) is 0 Å². The fourth-order valence-electron chi connectivity index (χ4n) is 1.52. The highest BCUT2D eigenvalue weighted by Gasteiger charge is 1.99. The Morgan fingerprint density at radius 2 is 2.12 bits per heavy atom. The molecule has 0 unspecified atom stereocenters. The number of rotatable bonds is 4. The molecular weight excluding hydrogens is 232 g/mol. The van der Waals surface area contributed by atoms with Gasteiger partial charge in [0.25, 0.3) is 5.17 Å². The maximum absolute atomic E-state index is 5.46. The summed E-state index contributed by atoms with van der Waals surface area (Å²) in [4.78, 5) is 3.91.